The van der Waals surface area contributed by atoms with E-state index in [0.717, 1.165) is 24.8 Å². The lowest BCUT2D eigenvalue weighted by Crippen LogP contribution is -2.10. The minimum atomic E-state index is -3.53. The molecule has 2 heterocycles. The van der Waals surface area contributed by atoms with Gasteiger partial charge in [-0.1, -0.05) is 31.5 Å². The number of nitrogens with zero attached hydrogens (tertiary/aromatic N) is 4. The van der Waals surface area contributed by atoms with Crippen molar-refractivity contribution in [2.45, 2.75) is 24.9 Å². The highest BCUT2D eigenvalue weighted by atomic mass is 32.2. The van der Waals surface area contributed by atoms with E-state index in [1.54, 1.807) is 10.9 Å². The summed E-state index contributed by atoms with van der Waals surface area (Å²) in [5.41, 5.74) is 1.28. The summed E-state index contributed by atoms with van der Waals surface area (Å²) in [5, 5.41) is 8.05. The second kappa shape index (κ2) is 6.56. The van der Waals surface area contributed by atoms with Gasteiger partial charge in [0, 0.05) is 12.8 Å². The molecule has 2 aromatic heterocycles. The molecule has 24 heavy (non-hydrogen) atoms. The van der Waals surface area contributed by atoms with E-state index in [-0.39, 0.29) is 5.16 Å². The lowest BCUT2D eigenvalue weighted by atomic mass is 10.3. The maximum absolute atomic E-state index is 11.9. The molecule has 0 bridgehead atoms. The van der Waals surface area contributed by atoms with Crippen LogP contribution in [0.15, 0.2) is 41.7 Å². The molecule has 0 aliphatic rings. The van der Waals surface area contributed by atoms with E-state index in [0.29, 0.717) is 23.4 Å². The van der Waals surface area contributed by atoms with E-state index in [9.17, 15) is 8.42 Å². The number of anilines is 1. The lowest BCUT2D eigenvalue weighted by molar-refractivity contribution is 0.593. The molecule has 1 N–H and O–H groups in total. The number of aromatic nitrogens is 4. The minimum Gasteiger partial charge on any atom is -0.369 e. The molecule has 0 fully saturated rings. The van der Waals surface area contributed by atoms with Crippen molar-refractivity contribution in [1.82, 2.24) is 19.7 Å². The smallest absolute Gasteiger partial charge is 0.250 e. The summed E-state index contributed by atoms with van der Waals surface area (Å²) in [4.78, 5) is 8.42. The van der Waals surface area contributed by atoms with Gasteiger partial charge in [0.05, 0.1) is 17.3 Å². The number of para-hydroxylation sites is 1. The van der Waals surface area contributed by atoms with Crippen LogP contribution in [0.3, 0.4) is 0 Å². The summed E-state index contributed by atoms with van der Waals surface area (Å²) in [6.07, 6.45) is 4.76. The third-order valence-electron chi connectivity index (χ3n) is 3.56. The highest BCUT2D eigenvalue weighted by Crippen LogP contribution is 2.24. The van der Waals surface area contributed by atoms with Gasteiger partial charge in [0.2, 0.25) is 9.84 Å². The largest absolute Gasteiger partial charge is 0.369 e. The molecule has 0 atom stereocenters. The van der Waals surface area contributed by atoms with E-state index < -0.39 is 9.84 Å². The van der Waals surface area contributed by atoms with Crippen molar-refractivity contribution < 1.29 is 8.42 Å². The summed E-state index contributed by atoms with van der Waals surface area (Å²) in [5.74, 6) is 0.496. The topological polar surface area (TPSA) is 89.8 Å². The van der Waals surface area contributed by atoms with Gasteiger partial charge in [-0.25, -0.2) is 18.1 Å². The van der Waals surface area contributed by atoms with E-state index in [1.165, 1.54) is 0 Å². The van der Waals surface area contributed by atoms with Crippen molar-refractivity contribution >= 4 is 26.7 Å². The second-order valence-corrected chi connectivity index (χ2v) is 7.45. The van der Waals surface area contributed by atoms with Crippen molar-refractivity contribution in [2.75, 3.05) is 18.1 Å². The molecule has 0 aliphatic heterocycles. The Hall–Kier alpha value is -2.48. The highest BCUT2D eigenvalue weighted by Gasteiger charge is 2.19. The second-order valence-electron chi connectivity index (χ2n) is 5.54. The molecule has 0 aliphatic carbocycles. The van der Waals surface area contributed by atoms with Crippen molar-refractivity contribution in [3.8, 4) is 5.69 Å². The van der Waals surface area contributed by atoms with Crippen molar-refractivity contribution in [3.63, 3.8) is 0 Å². The monoisotopic (exact) mass is 345 g/mol. The first kappa shape index (κ1) is 16.4. The van der Waals surface area contributed by atoms with E-state index in [1.807, 2.05) is 30.3 Å². The predicted molar refractivity (Wildman–Crippen MR) is 93.2 cm³/mol. The van der Waals surface area contributed by atoms with Gasteiger partial charge in [-0.2, -0.15) is 10.1 Å². The number of rotatable bonds is 6. The van der Waals surface area contributed by atoms with Gasteiger partial charge in [-0.05, 0) is 18.6 Å². The number of sulfone groups is 1. The van der Waals surface area contributed by atoms with Crippen LogP contribution in [0.5, 0.6) is 0 Å². The van der Waals surface area contributed by atoms with Crippen LogP contribution in [0.4, 0.5) is 5.82 Å². The summed E-state index contributed by atoms with van der Waals surface area (Å²) >= 11 is 0. The van der Waals surface area contributed by atoms with Gasteiger partial charge in [0.25, 0.3) is 5.16 Å². The maximum Gasteiger partial charge on any atom is 0.250 e. The van der Waals surface area contributed by atoms with Gasteiger partial charge in [-0.15, -0.1) is 0 Å². The van der Waals surface area contributed by atoms with Crippen LogP contribution in [0.25, 0.3) is 16.7 Å². The lowest BCUT2D eigenvalue weighted by Gasteiger charge is -2.08. The zero-order chi connectivity index (χ0) is 17.2. The van der Waals surface area contributed by atoms with Crippen molar-refractivity contribution in [2.24, 2.45) is 0 Å². The van der Waals surface area contributed by atoms with Crippen LogP contribution >= 0.6 is 0 Å². The molecular formula is C16H19N5O2S. The molecule has 1 aromatic carbocycles. The molecule has 126 valence electrons. The molecule has 3 rings (SSSR count). The Labute approximate surface area is 140 Å². The van der Waals surface area contributed by atoms with Crippen molar-refractivity contribution in [1.29, 1.82) is 0 Å². The molecule has 0 saturated heterocycles. The molecule has 0 spiro atoms. The molecule has 0 amide bonds. The molecule has 0 radical (unpaired) electrons. The molecule has 0 saturated carbocycles. The van der Waals surface area contributed by atoms with Crippen LogP contribution in [-0.4, -0.2) is 41.0 Å². The first-order valence-electron chi connectivity index (χ1n) is 7.76. The van der Waals surface area contributed by atoms with Gasteiger partial charge in [0.15, 0.2) is 5.65 Å². The van der Waals surface area contributed by atoms with Crippen LogP contribution in [0, 0.1) is 0 Å². The third kappa shape index (κ3) is 3.23. The SMILES string of the molecule is CCCCNc1nc(S(C)(=O)=O)nc2c1cnn2-c1ccccc1. The van der Waals surface area contributed by atoms with E-state index in [4.69, 9.17) is 0 Å². The summed E-state index contributed by atoms with van der Waals surface area (Å²) in [6, 6.07) is 9.46. The first-order chi connectivity index (χ1) is 11.5. The summed E-state index contributed by atoms with van der Waals surface area (Å²) in [7, 11) is -3.53. The van der Waals surface area contributed by atoms with Crippen LogP contribution < -0.4 is 5.32 Å². The normalized spacial score (nSPS) is 11.8. The standard InChI is InChI=1S/C16H19N5O2S/c1-3-4-10-17-14-13-11-18-21(12-8-6-5-7-9-12)15(13)20-16(19-14)24(2,22)23/h5-9,11H,3-4,10H2,1-2H3,(H,17,19,20). The van der Waals surface area contributed by atoms with Crippen LogP contribution in [-0.2, 0) is 9.84 Å². The van der Waals surface area contributed by atoms with Crippen LogP contribution in [0.1, 0.15) is 19.8 Å². The Balaban J connectivity index is 2.18. The Morgan fingerprint density at radius 3 is 2.58 bits per heavy atom. The quantitative estimate of drug-likeness (QED) is 0.545. The Morgan fingerprint density at radius 1 is 1.17 bits per heavy atom. The average Bonchev–Trinajstić information content (AvgIpc) is 2.99. The first-order valence-corrected chi connectivity index (χ1v) is 9.65. The van der Waals surface area contributed by atoms with Gasteiger partial charge < -0.3 is 5.32 Å². The average molecular weight is 345 g/mol. The number of benzene rings is 1. The number of hydrogen-bond acceptors (Lipinski definition) is 6. The summed E-state index contributed by atoms with van der Waals surface area (Å²) in [6.45, 7) is 2.80. The van der Waals surface area contributed by atoms with Gasteiger partial charge in [0.1, 0.15) is 5.82 Å². The fourth-order valence-electron chi connectivity index (χ4n) is 2.33. The molecule has 3 aromatic rings. The molecule has 0 unspecified atom stereocenters. The predicted octanol–water partition coefficient (Wildman–Crippen LogP) is 2.43. The number of fused-ring (bicyclic) bond motifs is 1. The minimum absolute atomic E-state index is 0.202. The van der Waals surface area contributed by atoms with E-state index >= 15 is 0 Å². The molecule has 7 nitrogen and oxygen atoms in total. The van der Waals surface area contributed by atoms with Crippen LogP contribution in [0.2, 0.25) is 0 Å². The van der Waals surface area contributed by atoms with Crippen molar-refractivity contribution in [3.05, 3.63) is 36.5 Å². The fraction of sp³-hybridized carbons (Fsp3) is 0.312. The number of unbranched alkanes of at least 4 members (excludes halogenated alkanes) is 1. The molecule has 8 heteroatoms. The highest BCUT2D eigenvalue weighted by molar-refractivity contribution is 7.90. The van der Waals surface area contributed by atoms with Gasteiger partial charge >= 0.3 is 0 Å². The summed E-state index contributed by atoms with van der Waals surface area (Å²) < 4.78 is 25.5. The third-order valence-corrected chi connectivity index (χ3v) is 4.41. The van der Waals surface area contributed by atoms with E-state index in [2.05, 4.69) is 27.3 Å². The Morgan fingerprint density at radius 2 is 1.92 bits per heavy atom. The Kier molecular flexibility index (Phi) is 4.48. The number of hydrogen-bond donors (Lipinski definition) is 1. The fourth-order valence-corrected chi connectivity index (χ4v) is 2.84. The number of nitrogens with one attached hydrogen (secondary N) is 1. The Bertz CT molecular complexity index is 951. The zero-order valence-electron chi connectivity index (χ0n) is 13.6. The zero-order valence-corrected chi connectivity index (χ0v) is 14.4. The van der Waals surface area contributed by atoms with Gasteiger partial charge in [-0.3, -0.25) is 0 Å². The molecular weight excluding hydrogens is 326 g/mol. The maximum atomic E-state index is 11.9.